The number of amides is 1. The first-order valence-corrected chi connectivity index (χ1v) is 12.3. The molecule has 9 heteroatoms. The molecule has 1 spiro atoms. The Morgan fingerprint density at radius 2 is 2.03 bits per heavy atom. The van der Waals surface area contributed by atoms with E-state index in [-0.39, 0.29) is 17.2 Å². The summed E-state index contributed by atoms with van der Waals surface area (Å²) in [4.78, 5) is 25.1. The molecule has 5 aliphatic heterocycles. The van der Waals surface area contributed by atoms with Crippen molar-refractivity contribution in [2.75, 3.05) is 62.2 Å². The molecule has 5 aliphatic rings. The van der Waals surface area contributed by atoms with Crippen molar-refractivity contribution in [2.24, 2.45) is 0 Å². The van der Waals surface area contributed by atoms with Gasteiger partial charge in [0.25, 0.3) is 6.43 Å². The number of halogens is 2. The van der Waals surface area contributed by atoms with Crippen LogP contribution in [-0.4, -0.2) is 90.8 Å². The standard InChI is InChI=1S/C25H31F2N5O2/c1-2-22(33)30-10-8-29(9-11-30)20-14-32-18(20)6-3-5-17-19(32)13-21(28-23(17)24(26)27)31-15-25(16-31)7-4-12-34-25/h2,4,7,13,18,20,24H,1,3,5-6,8-12,14-16H2/t18-,20?/m0/s1. The van der Waals surface area contributed by atoms with Crippen LogP contribution in [0.25, 0.3) is 0 Å². The Bertz CT molecular complexity index is 1020. The highest BCUT2D eigenvalue weighted by Crippen LogP contribution is 2.44. The maximum atomic E-state index is 14.1. The van der Waals surface area contributed by atoms with Crippen molar-refractivity contribution in [1.82, 2.24) is 14.8 Å². The highest BCUT2D eigenvalue weighted by molar-refractivity contribution is 5.87. The second kappa shape index (κ2) is 8.30. The lowest BCUT2D eigenvalue weighted by Gasteiger charge is -2.55. The summed E-state index contributed by atoms with van der Waals surface area (Å²) in [5.74, 6) is 0.619. The quantitative estimate of drug-likeness (QED) is 0.497. The van der Waals surface area contributed by atoms with E-state index in [0.717, 1.165) is 38.2 Å². The first-order valence-electron chi connectivity index (χ1n) is 12.3. The lowest BCUT2D eigenvalue weighted by Crippen LogP contribution is -2.69. The Balaban J connectivity index is 1.22. The maximum absolute atomic E-state index is 14.1. The summed E-state index contributed by atoms with van der Waals surface area (Å²) < 4.78 is 34.0. The van der Waals surface area contributed by atoms with Gasteiger partial charge < -0.3 is 19.4 Å². The molecule has 3 fully saturated rings. The number of pyridine rings is 1. The summed E-state index contributed by atoms with van der Waals surface area (Å²) in [5.41, 5.74) is 1.31. The van der Waals surface area contributed by atoms with Crippen LogP contribution in [0, 0.1) is 0 Å². The zero-order chi connectivity index (χ0) is 23.4. The van der Waals surface area contributed by atoms with Crippen LogP contribution in [0.3, 0.4) is 0 Å². The topological polar surface area (TPSA) is 52.2 Å². The van der Waals surface area contributed by atoms with Crippen molar-refractivity contribution in [3.63, 3.8) is 0 Å². The predicted octanol–water partition coefficient (Wildman–Crippen LogP) is 2.39. The van der Waals surface area contributed by atoms with Gasteiger partial charge >= 0.3 is 0 Å². The summed E-state index contributed by atoms with van der Waals surface area (Å²) >= 11 is 0. The molecule has 2 atom stereocenters. The predicted molar refractivity (Wildman–Crippen MR) is 125 cm³/mol. The van der Waals surface area contributed by atoms with Gasteiger partial charge in [0.2, 0.25) is 5.91 Å². The molecule has 34 heavy (non-hydrogen) atoms. The number of hydrogen-bond donors (Lipinski definition) is 0. The molecule has 0 N–H and O–H groups in total. The maximum Gasteiger partial charge on any atom is 0.280 e. The van der Waals surface area contributed by atoms with Crippen molar-refractivity contribution < 1.29 is 18.3 Å². The van der Waals surface area contributed by atoms with E-state index in [9.17, 15) is 13.6 Å². The number of alkyl halides is 2. The molecule has 7 nitrogen and oxygen atoms in total. The number of carbonyl (C=O) groups is 1. The van der Waals surface area contributed by atoms with Crippen LogP contribution in [0.1, 0.15) is 30.5 Å². The number of carbonyl (C=O) groups excluding carboxylic acids is 1. The summed E-state index contributed by atoms with van der Waals surface area (Å²) in [6.07, 6.45) is 5.39. The minimum atomic E-state index is -2.59. The van der Waals surface area contributed by atoms with Gasteiger partial charge in [-0.2, -0.15) is 0 Å². The number of nitrogens with zero attached hydrogens (tertiary/aromatic N) is 5. The summed E-state index contributed by atoms with van der Waals surface area (Å²) in [5, 5.41) is 0. The zero-order valence-electron chi connectivity index (χ0n) is 19.3. The highest BCUT2D eigenvalue weighted by Gasteiger charge is 2.47. The van der Waals surface area contributed by atoms with E-state index in [2.05, 4.69) is 32.3 Å². The lowest BCUT2D eigenvalue weighted by molar-refractivity contribution is -0.128. The molecule has 1 amide bonds. The average molecular weight is 472 g/mol. The minimum absolute atomic E-state index is 0.0101. The van der Waals surface area contributed by atoms with Crippen LogP contribution >= 0.6 is 0 Å². The van der Waals surface area contributed by atoms with Gasteiger partial charge in [-0.25, -0.2) is 13.8 Å². The molecule has 0 aromatic carbocycles. The lowest BCUT2D eigenvalue weighted by atomic mass is 9.90. The third-order valence-corrected chi connectivity index (χ3v) is 8.19. The molecular formula is C25H31F2N5O2. The van der Waals surface area contributed by atoms with E-state index in [0.29, 0.717) is 62.7 Å². The van der Waals surface area contributed by atoms with Gasteiger partial charge in [0.1, 0.15) is 17.1 Å². The molecule has 1 unspecified atom stereocenters. The smallest absolute Gasteiger partial charge is 0.280 e. The number of fused-ring (bicyclic) bond motifs is 3. The summed E-state index contributed by atoms with van der Waals surface area (Å²) in [7, 11) is 0. The zero-order valence-corrected chi connectivity index (χ0v) is 19.3. The molecule has 0 saturated carbocycles. The fourth-order valence-electron chi connectivity index (χ4n) is 6.31. The molecule has 1 aromatic heterocycles. The number of anilines is 2. The number of ether oxygens (including phenoxy) is 1. The van der Waals surface area contributed by atoms with E-state index in [4.69, 9.17) is 4.74 Å². The van der Waals surface area contributed by atoms with Gasteiger partial charge in [-0.1, -0.05) is 18.7 Å². The number of piperazine rings is 1. The van der Waals surface area contributed by atoms with Crippen molar-refractivity contribution in [3.8, 4) is 0 Å². The normalized spacial score (nSPS) is 27.8. The Kier molecular flexibility index (Phi) is 5.37. The fraction of sp³-hybridized carbons (Fsp3) is 0.600. The SMILES string of the molecule is C=CC(=O)N1CCN(C2CN3c4cc(N5CC6(C=CCO6)C5)nc(C(F)F)c4CCC[C@@H]23)CC1. The van der Waals surface area contributed by atoms with E-state index in [1.54, 1.807) is 0 Å². The third-order valence-electron chi connectivity index (χ3n) is 8.19. The Morgan fingerprint density at radius 1 is 1.24 bits per heavy atom. The van der Waals surface area contributed by atoms with E-state index in [1.807, 2.05) is 17.0 Å². The third kappa shape index (κ3) is 3.51. The van der Waals surface area contributed by atoms with Gasteiger partial charge in [0, 0.05) is 62.1 Å². The van der Waals surface area contributed by atoms with Crippen molar-refractivity contribution in [2.45, 2.75) is 43.4 Å². The van der Waals surface area contributed by atoms with Gasteiger partial charge in [0.15, 0.2) is 0 Å². The molecule has 6 rings (SSSR count). The number of hydrogen-bond acceptors (Lipinski definition) is 6. The number of rotatable bonds is 4. The minimum Gasteiger partial charge on any atom is -0.365 e. The molecule has 6 heterocycles. The molecule has 182 valence electrons. The molecule has 3 saturated heterocycles. The second-order valence-corrected chi connectivity index (χ2v) is 10.0. The monoisotopic (exact) mass is 471 g/mol. The van der Waals surface area contributed by atoms with Crippen LogP contribution in [0.2, 0.25) is 0 Å². The van der Waals surface area contributed by atoms with Crippen molar-refractivity contribution >= 4 is 17.4 Å². The fourth-order valence-corrected chi connectivity index (χ4v) is 6.31. The Hall–Kier alpha value is -2.52. The van der Waals surface area contributed by atoms with Crippen molar-refractivity contribution in [1.29, 1.82) is 0 Å². The second-order valence-electron chi connectivity index (χ2n) is 10.0. The van der Waals surface area contributed by atoms with Gasteiger partial charge in [-0.05, 0) is 25.3 Å². The van der Waals surface area contributed by atoms with Gasteiger partial charge in [-0.3, -0.25) is 9.69 Å². The van der Waals surface area contributed by atoms with E-state index >= 15 is 0 Å². The Morgan fingerprint density at radius 3 is 2.71 bits per heavy atom. The van der Waals surface area contributed by atoms with Gasteiger partial charge in [-0.15, -0.1) is 0 Å². The average Bonchev–Trinajstić information content (AvgIpc) is 3.26. The molecule has 0 bridgehead atoms. The largest absolute Gasteiger partial charge is 0.365 e. The highest BCUT2D eigenvalue weighted by atomic mass is 19.3. The molecule has 0 aliphatic carbocycles. The van der Waals surface area contributed by atoms with Gasteiger partial charge in [0.05, 0.1) is 19.7 Å². The first-order chi connectivity index (χ1) is 16.5. The Labute approximate surface area is 198 Å². The van der Waals surface area contributed by atoms with Crippen LogP contribution < -0.4 is 9.80 Å². The van der Waals surface area contributed by atoms with Crippen molar-refractivity contribution in [3.05, 3.63) is 42.1 Å². The molecular weight excluding hydrogens is 440 g/mol. The van der Waals surface area contributed by atoms with E-state index in [1.165, 1.54) is 6.08 Å². The van der Waals surface area contributed by atoms with Crippen LogP contribution in [0.4, 0.5) is 20.3 Å². The van der Waals surface area contributed by atoms with Crippen LogP contribution in [0.5, 0.6) is 0 Å². The van der Waals surface area contributed by atoms with Crippen LogP contribution in [0.15, 0.2) is 30.9 Å². The number of aromatic nitrogens is 1. The molecule has 1 aromatic rings. The summed E-state index contributed by atoms with van der Waals surface area (Å²) in [6.45, 7) is 9.43. The van der Waals surface area contributed by atoms with Crippen LogP contribution in [-0.2, 0) is 16.0 Å². The molecule has 0 radical (unpaired) electrons. The first kappa shape index (κ1) is 22.0. The summed E-state index contributed by atoms with van der Waals surface area (Å²) in [6, 6.07) is 2.73. The van der Waals surface area contributed by atoms with E-state index < -0.39 is 6.43 Å².